The van der Waals surface area contributed by atoms with Gasteiger partial charge in [-0.15, -0.1) is 0 Å². The van der Waals surface area contributed by atoms with Gasteiger partial charge in [-0.25, -0.2) is 4.39 Å². The van der Waals surface area contributed by atoms with Crippen molar-refractivity contribution in [2.24, 2.45) is 7.05 Å². The number of halogens is 1. The van der Waals surface area contributed by atoms with Crippen LogP contribution >= 0.6 is 12.2 Å². The Morgan fingerprint density at radius 3 is 2.66 bits per heavy atom. The zero-order valence-electron chi connectivity index (χ0n) is 16.3. The molecule has 1 fully saturated rings. The molecular weight excluding hydrogens is 389 g/mol. The molecule has 2 aromatic heterocycles. The highest BCUT2D eigenvalue weighted by Crippen LogP contribution is 2.12. The van der Waals surface area contributed by atoms with Gasteiger partial charge in [0.1, 0.15) is 5.82 Å². The number of hydrogen-bond acceptors (Lipinski definition) is 4. The molecule has 0 radical (unpaired) electrons. The van der Waals surface area contributed by atoms with Gasteiger partial charge in [0.15, 0.2) is 10.9 Å². The number of benzene rings is 1. The van der Waals surface area contributed by atoms with Gasteiger partial charge in [-0.3, -0.25) is 14.3 Å². The molecule has 0 bridgehead atoms. The van der Waals surface area contributed by atoms with E-state index < -0.39 is 0 Å². The fourth-order valence-electron chi connectivity index (χ4n) is 3.43. The summed E-state index contributed by atoms with van der Waals surface area (Å²) >= 11 is 5.56. The minimum Gasteiger partial charge on any atom is -0.346 e. The van der Waals surface area contributed by atoms with Gasteiger partial charge < -0.3 is 10.2 Å². The highest BCUT2D eigenvalue weighted by atomic mass is 32.1. The van der Waals surface area contributed by atoms with Crippen LogP contribution in [0, 0.1) is 5.82 Å². The van der Waals surface area contributed by atoms with Gasteiger partial charge in [-0.2, -0.15) is 10.2 Å². The van der Waals surface area contributed by atoms with Crippen molar-refractivity contribution in [2.45, 2.75) is 13.1 Å². The molecule has 1 saturated heterocycles. The maximum absolute atomic E-state index is 13.8. The largest absolute Gasteiger partial charge is 0.346 e. The van der Waals surface area contributed by atoms with Crippen LogP contribution in [0.2, 0.25) is 0 Å². The minimum absolute atomic E-state index is 0.225. The van der Waals surface area contributed by atoms with E-state index in [1.807, 2.05) is 36.3 Å². The third-order valence-electron chi connectivity index (χ3n) is 4.99. The molecule has 0 saturated carbocycles. The summed E-state index contributed by atoms with van der Waals surface area (Å²) in [6, 6.07) is 8.58. The normalized spacial score (nSPS) is 14.9. The van der Waals surface area contributed by atoms with E-state index in [0.29, 0.717) is 23.0 Å². The van der Waals surface area contributed by atoms with Gasteiger partial charge in [-0.1, -0.05) is 18.2 Å². The van der Waals surface area contributed by atoms with Crippen molar-refractivity contribution in [2.75, 3.05) is 31.5 Å². The number of anilines is 1. The second-order valence-corrected chi connectivity index (χ2v) is 7.59. The van der Waals surface area contributed by atoms with Crippen LogP contribution in [0.1, 0.15) is 11.1 Å². The molecule has 152 valence electrons. The van der Waals surface area contributed by atoms with Crippen LogP contribution in [0.25, 0.3) is 0 Å². The summed E-state index contributed by atoms with van der Waals surface area (Å²) in [5.41, 5.74) is 1.83. The zero-order chi connectivity index (χ0) is 20.2. The molecule has 1 aliphatic rings. The van der Waals surface area contributed by atoms with Gasteiger partial charge in [-0.05, 0) is 18.3 Å². The van der Waals surface area contributed by atoms with Crippen molar-refractivity contribution in [1.82, 2.24) is 29.4 Å². The average Bonchev–Trinajstić information content (AvgIpc) is 3.33. The first-order chi connectivity index (χ1) is 14.1. The predicted octanol–water partition coefficient (Wildman–Crippen LogP) is 2.32. The molecular formula is C20H24FN7S. The molecule has 1 aliphatic heterocycles. The first-order valence-corrected chi connectivity index (χ1v) is 10.0. The summed E-state index contributed by atoms with van der Waals surface area (Å²) in [4.78, 5) is 4.56. The molecule has 0 aliphatic carbocycles. The third kappa shape index (κ3) is 4.99. The number of nitrogens with zero attached hydrogens (tertiary/aromatic N) is 6. The van der Waals surface area contributed by atoms with Crippen LogP contribution < -0.4 is 5.32 Å². The molecule has 0 atom stereocenters. The molecule has 3 heterocycles. The van der Waals surface area contributed by atoms with Crippen LogP contribution in [0.3, 0.4) is 0 Å². The van der Waals surface area contributed by atoms with Crippen LogP contribution in [-0.2, 0) is 20.1 Å². The summed E-state index contributed by atoms with van der Waals surface area (Å²) in [6.07, 6.45) is 5.79. The Balaban J connectivity index is 1.27. The van der Waals surface area contributed by atoms with Crippen LogP contribution in [-0.4, -0.2) is 60.7 Å². The topological polar surface area (TPSA) is 54.1 Å². The van der Waals surface area contributed by atoms with Crippen molar-refractivity contribution in [3.8, 4) is 0 Å². The predicted molar refractivity (Wildman–Crippen MR) is 114 cm³/mol. The number of rotatable bonds is 5. The fourth-order valence-corrected chi connectivity index (χ4v) is 3.71. The third-order valence-corrected chi connectivity index (χ3v) is 5.35. The highest BCUT2D eigenvalue weighted by Gasteiger charge is 2.20. The highest BCUT2D eigenvalue weighted by molar-refractivity contribution is 7.80. The molecule has 0 unspecified atom stereocenters. The lowest BCUT2D eigenvalue weighted by Crippen LogP contribution is -2.49. The maximum atomic E-state index is 13.8. The van der Waals surface area contributed by atoms with Crippen LogP contribution in [0.15, 0.2) is 48.9 Å². The summed E-state index contributed by atoms with van der Waals surface area (Å²) in [5.74, 6) is 0.446. The van der Waals surface area contributed by atoms with Crippen molar-refractivity contribution in [3.05, 3.63) is 65.9 Å². The van der Waals surface area contributed by atoms with Gasteiger partial charge >= 0.3 is 0 Å². The number of aromatic nitrogens is 4. The molecule has 1 aromatic carbocycles. The van der Waals surface area contributed by atoms with E-state index in [2.05, 4.69) is 31.5 Å². The summed E-state index contributed by atoms with van der Waals surface area (Å²) in [5, 5.41) is 12.6. The first-order valence-electron chi connectivity index (χ1n) is 9.59. The number of aryl methyl sites for hydroxylation is 1. The monoisotopic (exact) mass is 413 g/mol. The lowest BCUT2D eigenvalue weighted by molar-refractivity contribution is 0.177. The van der Waals surface area contributed by atoms with Crippen LogP contribution in [0.4, 0.5) is 10.2 Å². The Kier molecular flexibility index (Phi) is 5.86. The van der Waals surface area contributed by atoms with Gasteiger partial charge in [0, 0.05) is 69.4 Å². The van der Waals surface area contributed by atoms with E-state index in [1.54, 1.807) is 16.8 Å². The zero-order valence-corrected chi connectivity index (χ0v) is 17.1. The fraction of sp³-hybridized carbons (Fsp3) is 0.350. The molecule has 4 rings (SSSR count). The number of thiocarbonyl (C=S) groups is 1. The standard InChI is InChI=1S/C20H24FN7S/c1-25-13-16(12-22-25)14-26-8-10-27(11-9-26)20(29)23-19-6-7-28(24-19)15-17-4-2-3-5-18(17)21/h2-7,12-13H,8-11,14-15H2,1H3,(H,23,24,29). The molecule has 0 amide bonds. The SMILES string of the molecule is Cn1cc(CN2CCN(C(=S)Nc3ccn(Cc4ccccc4F)n3)CC2)cn1. The Hall–Kier alpha value is -2.78. The minimum atomic E-state index is -0.225. The lowest BCUT2D eigenvalue weighted by atomic mass is 10.2. The van der Waals surface area contributed by atoms with Crippen molar-refractivity contribution in [3.63, 3.8) is 0 Å². The van der Waals surface area contributed by atoms with Gasteiger partial charge in [0.25, 0.3) is 0 Å². The van der Waals surface area contributed by atoms with Crippen molar-refractivity contribution in [1.29, 1.82) is 0 Å². The molecule has 3 aromatic rings. The summed E-state index contributed by atoms with van der Waals surface area (Å²) < 4.78 is 17.3. The molecule has 9 heteroatoms. The smallest absolute Gasteiger partial charge is 0.174 e. The second-order valence-electron chi connectivity index (χ2n) is 7.21. The van der Waals surface area contributed by atoms with Crippen LogP contribution in [0.5, 0.6) is 0 Å². The Bertz CT molecular complexity index is 975. The van der Waals surface area contributed by atoms with E-state index in [4.69, 9.17) is 12.2 Å². The molecule has 1 N–H and O–H groups in total. The number of hydrogen-bond donors (Lipinski definition) is 1. The average molecular weight is 414 g/mol. The van der Waals surface area contributed by atoms with Crippen molar-refractivity contribution < 1.29 is 4.39 Å². The van der Waals surface area contributed by atoms with Gasteiger partial charge in [0.2, 0.25) is 0 Å². The summed E-state index contributed by atoms with van der Waals surface area (Å²) in [6.45, 7) is 4.90. The number of nitrogens with one attached hydrogen (secondary N) is 1. The second kappa shape index (κ2) is 8.71. The Labute approximate surface area is 174 Å². The molecule has 7 nitrogen and oxygen atoms in total. The van der Waals surface area contributed by atoms with E-state index in [9.17, 15) is 4.39 Å². The summed E-state index contributed by atoms with van der Waals surface area (Å²) in [7, 11) is 1.93. The maximum Gasteiger partial charge on any atom is 0.174 e. The quantitative estimate of drug-likeness (QED) is 0.648. The first kappa shape index (κ1) is 19.5. The van der Waals surface area contributed by atoms with E-state index in [1.165, 1.54) is 11.6 Å². The van der Waals surface area contributed by atoms with Crippen molar-refractivity contribution >= 4 is 23.1 Å². The van der Waals surface area contributed by atoms with E-state index in [-0.39, 0.29) is 5.82 Å². The van der Waals surface area contributed by atoms with E-state index >= 15 is 0 Å². The Morgan fingerprint density at radius 2 is 1.93 bits per heavy atom. The Morgan fingerprint density at radius 1 is 1.14 bits per heavy atom. The van der Waals surface area contributed by atoms with Gasteiger partial charge in [0.05, 0.1) is 12.7 Å². The lowest BCUT2D eigenvalue weighted by Gasteiger charge is -2.35. The molecule has 29 heavy (non-hydrogen) atoms. The number of piperazine rings is 1. The molecule has 0 spiro atoms. The van der Waals surface area contributed by atoms with E-state index in [0.717, 1.165) is 32.7 Å².